The molecule has 1 aromatic carbocycles. The topological polar surface area (TPSA) is 29.6 Å². The van der Waals surface area contributed by atoms with E-state index in [9.17, 15) is 0 Å². The van der Waals surface area contributed by atoms with Gasteiger partial charge in [0, 0.05) is 21.5 Å². The molecule has 0 aliphatic heterocycles. The predicted octanol–water partition coefficient (Wildman–Crippen LogP) is 4.90. The largest absolute Gasteiger partial charge is 0.253 e. The Kier molecular flexibility index (Phi) is 5.23. The van der Waals surface area contributed by atoms with Crippen molar-refractivity contribution in [2.24, 2.45) is 10.1 Å². The molecule has 0 aliphatic carbocycles. The lowest BCUT2D eigenvalue weighted by Gasteiger charge is -2.03. The van der Waals surface area contributed by atoms with Crippen LogP contribution >= 0.6 is 34.3 Å². The van der Waals surface area contributed by atoms with Crippen molar-refractivity contribution in [3.8, 4) is 11.3 Å². The molecule has 116 valence electrons. The van der Waals surface area contributed by atoms with Gasteiger partial charge in [-0.25, -0.2) is 4.68 Å². The van der Waals surface area contributed by atoms with Gasteiger partial charge in [-0.05, 0) is 29.0 Å². The molecule has 0 aliphatic rings. The van der Waals surface area contributed by atoms with Crippen molar-refractivity contribution < 1.29 is 0 Å². The van der Waals surface area contributed by atoms with E-state index in [1.54, 1.807) is 28.7 Å². The summed E-state index contributed by atoms with van der Waals surface area (Å²) in [4.78, 5) is 5.35. The molecule has 0 bridgehead atoms. The molecule has 3 rings (SSSR count). The number of aromatic nitrogens is 1. The van der Waals surface area contributed by atoms with E-state index in [2.05, 4.69) is 27.4 Å². The molecule has 0 atom stereocenters. The van der Waals surface area contributed by atoms with Crippen molar-refractivity contribution in [1.82, 2.24) is 4.68 Å². The second-order valence-electron chi connectivity index (χ2n) is 4.65. The molecular weight excluding hydrogens is 346 g/mol. The van der Waals surface area contributed by atoms with Crippen LogP contribution in [0, 0.1) is 0 Å². The fourth-order valence-corrected chi connectivity index (χ4v) is 3.54. The van der Waals surface area contributed by atoms with E-state index in [0.717, 1.165) is 21.6 Å². The van der Waals surface area contributed by atoms with Gasteiger partial charge in [-0.3, -0.25) is 4.99 Å². The van der Waals surface area contributed by atoms with Crippen molar-refractivity contribution in [2.75, 3.05) is 6.54 Å². The summed E-state index contributed by atoms with van der Waals surface area (Å²) in [5.74, 6) is 0. The molecule has 0 saturated carbocycles. The summed E-state index contributed by atoms with van der Waals surface area (Å²) < 4.78 is 1.86. The third-order valence-electron chi connectivity index (χ3n) is 3.05. The number of rotatable bonds is 5. The third kappa shape index (κ3) is 3.88. The van der Waals surface area contributed by atoms with Gasteiger partial charge in [0.2, 0.25) is 4.80 Å². The molecule has 0 fully saturated rings. The highest BCUT2D eigenvalue weighted by Gasteiger charge is 2.07. The van der Waals surface area contributed by atoms with Crippen LogP contribution in [0.4, 0.5) is 0 Å². The lowest BCUT2D eigenvalue weighted by atomic mass is 10.2. The smallest absolute Gasteiger partial charge is 0.206 e. The van der Waals surface area contributed by atoms with Crippen LogP contribution in [-0.2, 0) is 0 Å². The average molecular weight is 360 g/mol. The monoisotopic (exact) mass is 359 g/mol. The molecule has 0 saturated heterocycles. The van der Waals surface area contributed by atoms with Gasteiger partial charge in [0.1, 0.15) is 0 Å². The fraction of sp³-hybridized carbons (Fsp3) is 0.0588. The van der Waals surface area contributed by atoms with E-state index in [1.807, 2.05) is 46.6 Å². The van der Waals surface area contributed by atoms with Crippen LogP contribution < -0.4 is 4.80 Å². The zero-order chi connectivity index (χ0) is 16.1. The number of thiazole rings is 1. The molecule has 3 aromatic rings. The minimum absolute atomic E-state index is 0.564. The zero-order valence-corrected chi connectivity index (χ0v) is 14.6. The van der Waals surface area contributed by atoms with Gasteiger partial charge in [0.15, 0.2) is 0 Å². The molecule has 0 radical (unpaired) electrons. The molecule has 2 aromatic heterocycles. The maximum atomic E-state index is 5.98. The lowest BCUT2D eigenvalue weighted by Crippen LogP contribution is -2.12. The average Bonchev–Trinajstić information content (AvgIpc) is 3.21. The van der Waals surface area contributed by atoms with Gasteiger partial charge in [0.05, 0.1) is 18.5 Å². The van der Waals surface area contributed by atoms with Crippen molar-refractivity contribution in [3.05, 3.63) is 74.5 Å². The highest BCUT2D eigenvalue weighted by Crippen LogP contribution is 2.22. The number of thiophene rings is 1. The SMILES string of the molecule is C=CCN=c1scc(-c2ccc(Cl)cc2)n1/N=C\c1ccsc1. The molecular formula is C17H14ClN3S2. The van der Waals surface area contributed by atoms with Crippen molar-refractivity contribution in [1.29, 1.82) is 0 Å². The molecule has 0 N–H and O–H groups in total. The Hall–Kier alpha value is -1.95. The van der Waals surface area contributed by atoms with Gasteiger partial charge >= 0.3 is 0 Å². The summed E-state index contributed by atoms with van der Waals surface area (Å²) in [6.07, 6.45) is 3.62. The molecule has 3 nitrogen and oxygen atoms in total. The highest BCUT2D eigenvalue weighted by atomic mass is 35.5. The standard InChI is InChI=1S/C17H14ClN3S2/c1-2-8-19-17-21(20-10-13-7-9-22-11-13)16(12-23-17)14-3-5-15(18)6-4-14/h2-7,9-12H,1,8H2/b19-17?,20-10-. The third-order valence-corrected chi connectivity index (χ3v) is 4.85. The van der Waals surface area contributed by atoms with Gasteiger partial charge in [-0.2, -0.15) is 16.4 Å². The Morgan fingerprint density at radius 1 is 1.17 bits per heavy atom. The predicted molar refractivity (Wildman–Crippen MR) is 101 cm³/mol. The second kappa shape index (κ2) is 7.55. The summed E-state index contributed by atoms with van der Waals surface area (Å²) in [5.41, 5.74) is 3.11. The quantitative estimate of drug-likeness (QED) is 0.458. The van der Waals surface area contributed by atoms with Crippen LogP contribution in [0.1, 0.15) is 5.56 Å². The first kappa shape index (κ1) is 15.9. The van der Waals surface area contributed by atoms with E-state index in [0.29, 0.717) is 11.6 Å². The van der Waals surface area contributed by atoms with Crippen LogP contribution in [0.2, 0.25) is 5.02 Å². The van der Waals surface area contributed by atoms with Gasteiger partial charge in [-0.15, -0.1) is 17.9 Å². The van der Waals surface area contributed by atoms with E-state index >= 15 is 0 Å². The van der Waals surface area contributed by atoms with Crippen molar-refractivity contribution in [3.63, 3.8) is 0 Å². The Balaban J connectivity index is 2.07. The second-order valence-corrected chi connectivity index (χ2v) is 6.71. The van der Waals surface area contributed by atoms with Crippen LogP contribution in [0.5, 0.6) is 0 Å². The Bertz CT molecular complexity index is 871. The molecule has 23 heavy (non-hydrogen) atoms. The number of halogens is 1. The summed E-state index contributed by atoms with van der Waals surface area (Å²) >= 11 is 9.18. The zero-order valence-electron chi connectivity index (χ0n) is 12.2. The van der Waals surface area contributed by atoms with E-state index < -0.39 is 0 Å². The maximum absolute atomic E-state index is 5.98. The Morgan fingerprint density at radius 2 is 2.00 bits per heavy atom. The first-order valence-corrected chi connectivity index (χ1v) is 9.12. The normalized spacial score (nSPS) is 12.1. The molecule has 0 unspecified atom stereocenters. The minimum atomic E-state index is 0.564. The minimum Gasteiger partial charge on any atom is -0.253 e. The van der Waals surface area contributed by atoms with Crippen LogP contribution in [0.15, 0.2) is 69.2 Å². The van der Waals surface area contributed by atoms with Crippen molar-refractivity contribution in [2.45, 2.75) is 0 Å². The Labute approximate surface area is 147 Å². The number of nitrogens with zero attached hydrogens (tertiary/aromatic N) is 3. The number of benzene rings is 1. The Morgan fingerprint density at radius 3 is 2.70 bits per heavy atom. The summed E-state index contributed by atoms with van der Waals surface area (Å²) in [6.45, 7) is 4.28. The lowest BCUT2D eigenvalue weighted by molar-refractivity contribution is 0.840. The first-order valence-electron chi connectivity index (χ1n) is 6.92. The van der Waals surface area contributed by atoms with E-state index in [4.69, 9.17) is 11.6 Å². The maximum Gasteiger partial charge on any atom is 0.206 e. The summed E-state index contributed by atoms with van der Waals surface area (Å²) in [7, 11) is 0. The molecule has 6 heteroatoms. The van der Waals surface area contributed by atoms with Gasteiger partial charge in [0.25, 0.3) is 0 Å². The van der Waals surface area contributed by atoms with Gasteiger partial charge < -0.3 is 0 Å². The number of hydrogen-bond donors (Lipinski definition) is 0. The van der Waals surface area contributed by atoms with Crippen LogP contribution in [-0.4, -0.2) is 17.4 Å². The fourth-order valence-electron chi connectivity index (χ4n) is 1.95. The van der Waals surface area contributed by atoms with Crippen LogP contribution in [0.3, 0.4) is 0 Å². The first-order chi connectivity index (χ1) is 11.3. The summed E-state index contributed by atoms with van der Waals surface area (Å²) in [6, 6.07) is 9.75. The number of hydrogen-bond acceptors (Lipinski definition) is 4. The van der Waals surface area contributed by atoms with E-state index in [1.165, 1.54) is 0 Å². The molecule has 2 heterocycles. The van der Waals surface area contributed by atoms with E-state index in [-0.39, 0.29) is 0 Å². The molecule has 0 amide bonds. The highest BCUT2D eigenvalue weighted by molar-refractivity contribution is 7.08. The van der Waals surface area contributed by atoms with Gasteiger partial charge in [-0.1, -0.05) is 29.8 Å². The van der Waals surface area contributed by atoms with Crippen molar-refractivity contribution >= 4 is 40.5 Å². The van der Waals surface area contributed by atoms with Crippen LogP contribution in [0.25, 0.3) is 11.3 Å². The summed E-state index contributed by atoms with van der Waals surface area (Å²) in [5, 5.41) is 11.5. The molecule has 0 spiro atoms.